The van der Waals surface area contributed by atoms with E-state index in [1.54, 1.807) is 12.1 Å². The molecule has 1 aromatic heterocycles. The normalized spacial score (nSPS) is 12.3. The predicted molar refractivity (Wildman–Crippen MR) is 88.1 cm³/mol. The zero-order valence-corrected chi connectivity index (χ0v) is 14.0. The first kappa shape index (κ1) is 17.7. The molecule has 0 aliphatic heterocycles. The summed E-state index contributed by atoms with van der Waals surface area (Å²) in [5.41, 5.74) is 0.265. The quantitative estimate of drug-likeness (QED) is 0.775. The van der Waals surface area contributed by atoms with Gasteiger partial charge in [-0.2, -0.15) is 0 Å². The second kappa shape index (κ2) is 8.85. The number of carbonyl (C=O) groups excluding carboxylic acids is 1. The van der Waals surface area contributed by atoms with Crippen LogP contribution in [0.3, 0.4) is 0 Å². The molecule has 0 saturated heterocycles. The molecule has 0 saturated carbocycles. The average Bonchev–Trinajstić information content (AvgIpc) is 2.48. The van der Waals surface area contributed by atoms with Gasteiger partial charge >= 0.3 is 0 Å². The Kier molecular flexibility index (Phi) is 7.47. The van der Waals surface area contributed by atoms with E-state index < -0.39 is 0 Å². The molecule has 5 nitrogen and oxygen atoms in total. The first-order chi connectivity index (χ1) is 9.99. The van der Waals surface area contributed by atoms with Crippen LogP contribution in [-0.2, 0) is 0 Å². The molecule has 1 unspecified atom stereocenters. The van der Waals surface area contributed by atoms with Crippen molar-refractivity contribution in [1.82, 2.24) is 15.2 Å². The number of carbonyl (C=O) groups is 1. The van der Waals surface area contributed by atoms with Crippen molar-refractivity contribution in [2.24, 2.45) is 0 Å². The van der Waals surface area contributed by atoms with Gasteiger partial charge in [0.15, 0.2) is 0 Å². The number of amides is 1. The summed E-state index contributed by atoms with van der Waals surface area (Å²) in [6, 6.07) is 3.95. The number of rotatable bonds is 8. The van der Waals surface area contributed by atoms with Crippen molar-refractivity contribution in [1.29, 1.82) is 0 Å². The van der Waals surface area contributed by atoms with Gasteiger partial charge in [-0.25, -0.2) is 4.98 Å². The molecule has 0 aromatic carbocycles. The molecule has 21 heavy (non-hydrogen) atoms. The molecule has 1 atom stereocenters. The van der Waals surface area contributed by atoms with Crippen molar-refractivity contribution in [3.63, 3.8) is 0 Å². The van der Waals surface area contributed by atoms with Crippen molar-refractivity contribution < 1.29 is 4.79 Å². The Hall–Kier alpha value is -1.33. The zero-order chi connectivity index (χ0) is 15.8. The van der Waals surface area contributed by atoms with Gasteiger partial charge in [-0.3, -0.25) is 4.79 Å². The van der Waals surface area contributed by atoms with Crippen LogP contribution in [0.4, 0.5) is 5.82 Å². The molecule has 1 heterocycles. The highest BCUT2D eigenvalue weighted by Gasteiger charge is 2.13. The third-order valence-corrected chi connectivity index (χ3v) is 3.82. The summed E-state index contributed by atoms with van der Waals surface area (Å²) in [5.74, 6) is 0.418. The van der Waals surface area contributed by atoms with Gasteiger partial charge in [0.1, 0.15) is 11.5 Å². The van der Waals surface area contributed by atoms with E-state index in [1.165, 1.54) is 0 Å². The van der Waals surface area contributed by atoms with Gasteiger partial charge in [0.25, 0.3) is 5.91 Å². The molecule has 0 spiro atoms. The maximum Gasteiger partial charge on any atom is 0.271 e. The molecule has 1 aromatic rings. The minimum Gasteiger partial charge on any atom is -0.370 e. The van der Waals surface area contributed by atoms with Crippen molar-refractivity contribution in [2.75, 3.05) is 32.0 Å². The second-order valence-corrected chi connectivity index (χ2v) is 5.46. The maximum atomic E-state index is 12.1. The number of nitrogens with zero attached hydrogens (tertiary/aromatic N) is 2. The topological polar surface area (TPSA) is 57.3 Å². The number of likely N-dealkylation sites (N-methyl/N-ethyl adjacent to an activating group) is 1. The van der Waals surface area contributed by atoms with Crippen molar-refractivity contribution >= 4 is 23.3 Å². The van der Waals surface area contributed by atoms with E-state index in [1.807, 2.05) is 6.92 Å². The summed E-state index contributed by atoms with van der Waals surface area (Å²) in [7, 11) is 2.05. The number of halogens is 1. The van der Waals surface area contributed by atoms with Gasteiger partial charge in [0, 0.05) is 25.7 Å². The maximum absolute atomic E-state index is 12.1. The lowest BCUT2D eigenvalue weighted by atomic mass is 10.2. The lowest BCUT2D eigenvalue weighted by Crippen LogP contribution is -2.37. The van der Waals surface area contributed by atoms with Gasteiger partial charge < -0.3 is 15.5 Å². The number of aromatic nitrogens is 1. The van der Waals surface area contributed by atoms with Crippen LogP contribution in [0.1, 0.15) is 37.7 Å². The molecule has 118 valence electrons. The largest absolute Gasteiger partial charge is 0.370 e. The Balaban J connectivity index is 2.57. The van der Waals surface area contributed by atoms with Gasteiger partial charge in [-0.1, -0.05) is 18.5 Å². The fourth-order valence-electron chi connectivity index (χ4n) is 1.84. The van der Waals surface area contributed by atoms with Gasteiger partial charge in [-0.05, 0) is 39.4 Å². The molecule has 0 aliphatic carbocycles. The van der Waals surface area contributed by atoms with E-state index in [9.17, 15) is 4.79 Å². The summed E-state index contributed by atoms with van der Waals surface area (Å²) in [6.45, 7) is 8.40. The standard InChI is InChI=1S/C15H25ClN4O/c1-5-11(3)20(4)10-9-18-15(21)14-12(16)7-8-13(19-14)17-6-2/h7-8,11H,5-6,9-10H2,1-4H3,(H,17,19)(H,18,21). The third-order valence-electron chi connectivity index (χ3n) is 3.51. The van der Waals surface area contributed by atoms with Gasteiger partial charge in [0.05, 0.1) is 5.02 Å². The van der Waals surface area contributed by atoms with E-state index >= 15 is 0 Å². The van der Waals surface area contributed by atoms with Gasteiger partial charge in [-0.15, -0.1) is 0 Å². The third kappa shape index (κ3) is 5.52. The fourth-order valence-corrected chi connectivity index (χ4v) is 2.03. The molecule has 0 bridgehead atoms. The van der Waals surface area contributed by atoms with E-state index in [0.29, 0.717) is 23.4 Å². The number of hydrogen-bond donors (Lipinski definition) is 2. The lowest BCUT2D eigenvalue weighted by molar-refractivity contribution is 0.0942. The Morgan fingerprint density at radius 3 is 2.76 bits per heavy atom. The first-order valence-corrected chi connectivity index (χ1v) is 7.76. The summed E-state index contributed by atoms with van der Waals surface area (Å²) in [6.07, 6.45) is 1.09. The molecule has 0 fully saturated rings. The molecule has 6 heteroatoms. The average molecular weight is 313 g/mol. The van der Waals surface area contributed by atoms with E-state index in [4.69, 9.17) is 11.6 Å². The summed E-state index contributed by atoms with van der Waals surface area (Å²) in [5, 5.41) is 6.30. The molecule has 1 amide bonds. The van der Waals surface area contributed by atoms with Crippen LogP contribution >= 0.6 is 11.6 Å². The number of anilines is 1. The SMILES string of the molecule is CCNc1ccc(Cl)c(C(=O)NCCN(C)C(C)CC)n1. The molecule has 1 rings (SSSR count). The minimum atomic E-state index is -0.239. The van der Waals surface area contributed by atoms with Crippen LogP contribution in [0.15, 0.2) is 12.1 Å². The van der Waals surface area contributed by atoms with Crippen LogP contribution in [0, 0.1) is 0 Å². The molecule has 0 radical (unpaired) electrons. The second-order valence-electron chi connectivity index (χ2n) is 5.05. The highest BCUT2D eigenvalue weighted by molar-refractivity contribution is 6.33. The van der Waals surface area contributed by atoms with Crippen LogP contribution in [0.2, 0.25) is 5.02 Å². The highest BCUT2D eigenvalue weighted by atomic mass is 35.5. The van der Waals surface area contributed by atoms with Crippen LogP contribution in [-0.4, -0.2) is 48.5 Å². The van der Waals surface area contributed by atoms with Crippen LogP contribution in [0.25, 0.3) is 0 Å². The van der Waals surface area contributed by atoms with E-state index in [2.05, 4.69) is 41.4 Å². The number of nitrogens with one attached hydrogen (secondary N) is 2. The smallest absolute Gasteiger partial charge is 0.271 e. The van der Waals surface area contributed by atoms with E-state index in [-0.39, 0.29) is 11.6 Å². The molecule has 0 aliphatic rings. The van der Waals surface area contributed by atoms with Crippen LogP contribution in [0.5, 0.6) is 0 Å². The Morgan fingerprint density at radius 2 is 2.14 bits per heavy atom. The van der Waals surface area contributed by atoms with Gasteiger partial charge in [0.2, 0.25) is 0 Å². The first-order valence-electron chi connectivity index (χ1n) is 7.38. The molecule has 2 N–H and O–H groups in total. The van der Waals surface area contributed by atoms with Crippen molar-refractivity contribution in [3.05, 3.63) is 22.8 Å². The van der Waals surface area contributed by atoms with Crippen LogP contribution < -0.4 is 10.6 Å². The minimum absolute atomic E-state index is 0.239. The summed E-state index contributed by atoms with van der Waals surface area (Å²) in [4.78, 5) is 18.6. The Bertz CT molecular complexity index is 467. The summed E-state index contributed by atoms with van der Waals surface area (Å²) < 4.78 is 0. The monoisotopic (exact) mass is 312 g/mol. The number of hydrogen-bond acceptors (Lipinski definition) is 4. The van der Waals surface area contributed by atoms with Crippen molar-refractivity contribution in [3.8, 4) is 0 Å². The summed E-state index contributed by atoms with van der Waals surface area (Å²) >= 11 is 6.04. The molecular formula is C15H25ClN4O. The number of pyridine rings is 1. The Labute approximate surface area is 132 Å². The predicted octanol–water partition coefficient (Wildman–Crippen LogP) is 2.63. The van der Waals surface area contributed by atoms with E-state index in [0.717, 1.165) is 19.5 Å². The van der Waals surface area contributed by atoms with Crippen molar-refractivity contribution in [2.45, 2.75) is 33.2 Å². The molecular weight excluding hydrogens is 288 g/mol. The highest BCUT2D eigenvalue weighted by Crippen LogP contribution is 2.16. The fraction of sp³-hybridized carbons (Fsp3) is 0.600. The lowest BCUT2D eigenvalue weighted by Gasteiger charge is -2.23. The Morgan fingerprint density at radius 1 is 1.43 bits per heavy atom. The zero-order valence-electron chi connectivity index (χ0n) is 13.2.